The molecule has 2 heteroatoms. The Morgan fingerprint density at radius 1 is 0.900 bits per heavy atom. The van der Waals surface area contributed by atoms with Gasteiger partial charge in [0.25, 0.3) is 0 Å². The van der Waals surface area contributed by atoms with Crippen LogP contribution >= 0.6 is 0 Å². The van der Waals surface area contributed by atoms with Crippen molar-refractivity contribution in [3.63, 3.8) is 0 Å². The zero-order valence-electron chi connectivity index (χ0n) is 11.0. The van der Waals surface area contributed by atoms with Gasteiger partial charge in [-0.15, -0.1) is 0 Å². The van der Waals surface area contributed by atoms with Gasteiger partial charge in [0.1, 0.15) is 0 Å². The second kappa shape index (κ2) is 6.83. The smallest absolute Gasteiger partial charge is 0.339 e. The minimum absolute atomic E-state index is 0.397. The van der Waals surface area contributed by atoms with Crippen LogP contribution in [0.2, 0.25) is 0 Å². The summed E-state index contributed by atoms with van der Waals surface area (Å²) in [7, 11) is 1.35. The molecule has 0 spiro atoms. The number of hydrogen-bond donors (Lipinski definition) is 0. The van der Waals surface area contributed by atoms with Crippen LogP contribution in [0.3, 0.4) is 0 Å². The fourth-order valence-electron chi connectivity index (χ4n) is 1.60. The van der Waals surface area contributed by atoms with Crippen molar-refractivity contribution in [2.75, 3.05) is 7.11 Å². The average Bonchev–Trinajstić information content (AvgIpc) is 2.52. The lowest BCUT2D eigenvalue weighted by atomic mass is 10.1. The normalized spacial score (nSPS) is 8.65. The van der Waals surface area contributed by atoms with Crippen molar-refractivity contribution in [3.8, 4) is 23.7 Å². The van der Waals surface area contributed by atoms with Crippen LogP contribution in [-0.2, 0) is 4.74 Å². The van der Waals surface area contributed by atoms with Crippen molar-refractivity contribution in [1.29, 1.82) is 0 Å². The standard InChI is InChI=1S/C18H12O2/c1-20-18(19)17-14-8-7-13-16(17)12-6-5-11-15-9-3-2-4-10-15/h2-4,7-10,13-14H,1H3. The Hall–Kier alpha value is -2.97. The summed E-state index contributed by atoms with van der Waals surface area (Å²) in [6, 6.07) is 16.6. The lowest BCUT2D eigenvalue weighted by molar-refractivity contribution is 0.0600. The van der Waals surface area contributed by atoms with E-state index in [1.807, 2.05) is 36.4 Å². The molecule has 0 aliphatic rings. The second-order valence-corrected chi connectivity index (χ2v) is 3.90. The maximum Gasteiger partial charge on any atom is 0.339 e. The van der Waals surface area contributed by atoms with E-state index in [0.29, 0.717) is 11.1 Å². The molecule has 0 aliphatic carbocycles. The number of esters is 1. The largest absolute Gasteiger partial charge is 0.465 e. The van der Waals surface area contributed by atoms with Gasteiger partial charge in [-0.25, -0.2) is 4.79 Å². The minimum atomic E-state index is -0.397. The van der Waals surface area contributed by atoms with E-state index in [1.165, 1.54) is 7.11 Å². The maximum absolute atomic E-state index is 11.6. The molecule has 0 unspecified atom stereocenters. The first-order valence-corrected chi connectivity index (χ1v) is 6.05. The predicted molar refractivity (Wildman–Crippen MR) is 78.0 cm³/mol. The molecule has 0 saturated heterocycles. The Kier molecular flexibility index (Phi) is 4.60. The molecule has 0 radical (unpaired) electrons. The van der Waals surface area contributed by atoms with Crippen LogP contribution in [0.5, 0.6) is 0 Å². The molecule has 0 amide bonds. The zero-order valence-corrected chi connectivity index (χ0v) is 11.0. The van der Waals surface area contributed by atoms with Crippen molar-refractivity contribution < 1.29 is 9.53 Å². The van der Waals surface area contributed by atoms with Crippen LogP contribution < -0.4 is 0 Å². The van der Waals surface area contributed by atoms with Crippen LogP contribution in [0, 0.1) is 23.7 Å². The minimum Gasteiger partial charge on any atom is -0.465 e. The summed E-state index contributed by atoms with van der Waals surface area (Å²) in [4.78, 5) is 11.6. The first-order valence-electron chi connectivity index (χ1n) is 6.05. The summed E-state index contributed by atoms with van der Waals surface area (Å²) in [5.74, 6) is 10.9. The number of carbonyl (C=O) groups is 1. The monoisotopic (exact) mass is 260 g/mol. The SMILES string of the molecule is COC(=O)c1ccccc1C#CC#Cc1ccccc1. The summed E-state index contributed by atoms with van der Waals surface area (Å²) >= 11 is 0. The highest BCUT2D eigenvalue weighted by Crippen LogP contribution is 2.08. The topological polar surface area (TPSA) is 26.3 Å². The van der Waals surface area contributed by atoms with Gasteiger partial charge in [0, 0.05) is 11.1 Å². The van der Waals surface area contributed by atoms with Crippen molar-refractivity contribution in [2.24, 2.45) is 0 Å². The van der Waals surface area contributed by atoms with E-state index >= 15 is 0 Å². The Bertz CT molecular complexity index is 722. The summed E-state index contributed by atoms with van der Waals surface area (Å²) < 4.78 is 4.71. The van der Waals surface area contributed by atoms with Crippen molar-refractivity contribution >= 4 is 5.97 Å². The molecule has 2 rings (SSSR count). The van der Waals surface area contributed by atoms with Crippen LogP contribution in [0.15, 0.2) is 54.6 Å². The highest BCUT2D eigenvalue weighted by molar-refractivity contribution is 5.92. The van der Waals surface area contributed by atoms with Crippen LogP contribution in [0.4, 0.5) is 0 Å². The fourth-order valence-corrected chi connectivity index (χ4v) is 1.60. The van der Waals surface area contributed by atoms with Crippen LogP contribution in [0.1, 0.15) is 21.5 Å². The molecule has 0 saturated carbocycles. The molecule has 0 aromatic heterocycles. The van der Waals surface area contributed by atoms with Crippen molar-refractivity contribution in [3.05, 3.63) is 71.3 Å². The van der Waals surface area contributed by atoms with E-state index < -0.39 is 5.97 Å². The number of benzene rings is 2. The maximum atomic E-state index is 11.6. The van der Waals surface area contributed by atoms with Gasteiger partial charge in [0.15, 0.2) is 0 Å². The van der Waals surface area contributed by atoms with Gasteiger partial charge in [-0.2, -0.15) is 0 Å². The quantitative estimate of drug-likeness (QED) is 0.582. The molecule has 2 nitrogen and oxygen atoms in total. The Morgan fingerprint density at radius 2 is 1.55 bits per heavy atom. The summed E-state index contributed by atoms with van der Waals surface area (Å²) in [5.41, 5.74) is 1.97. The van der Waals surface area contributed by atoms with Gasteiger partial charge >= 0.3 is 5.97 Å². The Labute approximate surface area is 118 Å². The summed E-state index contributed by atoms with van der Waals surface area (Å²) in [6.07, 6.45) is 0. The van der Waals surface area contributed by atoms with Gasteiger partial charge in [0.2, 0.25) is 0 Å². The molecule has 96 valence electrons. The fraction of sp³-hybridized carbons (Fsp3) is 0.0556. The number of hydrogen-bond acceptors (Lipinski definition) is 2. The Morgan fingerprint density at radius 3 is 2.30 bits per heavy atom. The molecule has 0 aliphatic heterocycles. The first kappa shape index (κ1) is 13.5. The molecular formula is C18H12O2. The van der Waals surface area contributed by atoms with Crippen LogP contribution in [-0.4, -0.2) is 13.1 Å². The molecule has 0 fully saturated rings. The molecule has 2 aromatic carbocycles. The number of ether oxygens (including phenoxy) is 1. The first-order chi connectivity index (χ1) is 9.81. The Balaban J connectivity index is 2.22. The van der Waals surface area contributed by atoms with Gasteiger partial charge in [0.05, 0.1) is 12.7 Å². The van der Waals surface area contributed by atoms with E-state index in [4.69, 9.17) is 4.74 Å². The molecule has 2 aromatic rings. The van der Waals surface area contributed by atoms with E-state index in [1.54, 1.807) is 18.2 Å². The highest BCUT2D eigenvalue weighted by Gasteiger charge is 2.08. The van der Waals surface area contributed by atoms with Crippen molar-refractivity contribution in [2.45, 2.75) is 0 Å². The molecule has 0 N–H and O–H groups in total. The zero-order chi connectivity index (χ0) is 14.2. The van der Waals surface area contributed by atoms with Crippen LogP contribution in [0.25, 0.3) is 0 Å². The molecule has 0 bridgehead atoms. The van der Waals surface area contributed by atoms with Gasteiger partial charge < -0.3 is 4.74 Å². The molecule has 0 atom stereocenters. The third-order valence-electron chi connectivity index (χ3n) is 2.57. The third-order valence-corrected chi connectivity index (χ3v) is 2.57. The van der Waals surface area contributed by atoms with Crippen molar-refractivity contribution in [1.82, 2.24) is 0 Å². The van der Waals surface area contributed by atoms with E-state index in [0.717, 1.165) is 5.56 Å². The highest BCUT2D eigenvalue weighted by atomic mass is 16.5. The van der Waals surface area contributed by atoms with Gasteiger partial charge in [-0.3, -0.25) is 0 Å². The molecular weight excluding hydrogens is 248 g/mol. The van der Waals surface area contributed by atoms with Gasteiger partial charge in [-0.1, -0.05) is 42.2 Å². The third kappa shape index (κ3) is 3.51. The molecule has 20 heavy (non-hydrogen) atoms. The lowest BCUT2D eigenvalue weighted by Gasteiger charge is -2.00. The molecule has 0 heterocycles. The second-order valence-electron chi connectivity index (χ2n) is 3.90. The number of methoxy groups -OCH3 is 1. The number of carbonyl (C=O) groups excluding carboxylic acids is 1. The lowest BCUT2D eigenvalue weighted by Crippen LogP contribution is -2.03. The summed E-state index contributed by atoms with van der Waals surface area (Å²) in [6.45, 7) is 0. The summed E-state index contributed by atoms with van der Waals surface area (Å²) in [5, 5.41) is 0. The number of rotatable bonds is 1. The van der Waals surface area contributed by atoms with E-state index in [-0.39, 0.29) is 0 Å². The van der Waals surface area contributed by atoms with Gasteiger partial charge in [-0.05, 0) is 36.1 Å². The van der Waals surface area contributed by atoms with E-state index in [2.05, 4.69) is 23.7 Å². The predicted octanol–water partition coefficient (Wildman–Crippen LogP) is 2.88. The van der Waals surface area contributed by atoms with E-state index in [9.17, 15) is 4.79 Å². The average molecular weight is 260 g/mol.